The number of aliphatic carboxylic acids is 1. The molecule has 0 heterocycles. The molecule has 0 atom stereocenters. The summed E-state index contributed by atoms with van der Waals surface area (Å²) in [5.41, 5.74) is -1.60. The third kappa shape index (κ3) is 5.49. The fourth-order valence-electron chi connectivity index (χ4n) is 2.19. The molecule has 106 valence electrons. The van der Waals surface area contributed by atoms with E-state index < -0.39 is 17.2 Å². The Bertz CT molecular complexity index is 286. The van der Waals surface area contributed by atoms with Crippen molar-refractivity contribution in [3.8, 4) is 0 Å². The van der Waals surface area contributed by atoms with Gasteiger partial charge in [0.15, 0.2) is 0 Å². The highest BCUT2D eigenvalue weighted by Crippen LogP contribution is 2.38. The third-order valence-electron chi connectivity index (χ3n) is 3.20. The van der Waals surface area contributed by atoms with Crippen LogP contribution in [-0.2, 0) is 14.3 Å². The Hall–Kier alpha value is -1.10. The minimum Gasteiger partial charge on any atom is -0.481 e. The Morgan fingerprint density at radius 3 is 1.83 bits per heavy atom. The Morgan fingerprint density at radius 1 is 1.11 bits per heavy atom. The second-order valence-electron chi connectivity index (χ2n) is 5.22. The molecule has 0 aliphatic heterocycles. The lowest BCUT2D eigenvalue weighted by Gasteiger charge is -2.44. The monoisotopic (exact) mass is 260 g/mol. The summed E-state index contributed by atoms with van der Waals surface area (Å²) in [6.07, 6.45) is 4.65. The maximum Gasteiger partial charge on any atom is 0.303 e. The molecule has 0 aromatic carbocycles. The highest BCUT2D eigenvalue weighted by molar-refractivity contribution is 5.66. The Morgan fingerprint density at radius 2 is 1.50 bits per heavy atom. The third-order valence-corrected chi connectivity index (χ3v) is 3.20. The van der Waals surface area contributed by atoms with E-state index in [0.29, 0.717) is 0 Å². The molecule has 0 spiro atoms. The van der Waals surface area contributed by atoms with Crippen LogP contribution in [-0.4, -0.2) is 33.4 Å². The van der Waals surface area contributed by atoms with Gasteiger partial charge in [-0.2, -0.15) is 0 Å². The van der Waals surface area contributed by atoms with Crippen molar-refractivity contribution in [2.75, 3.05) is 0 Å². The van der Waals surface area contributed by atoms with E-state index in [2.05, 4.69) is 0 Å². The molecule has 0 bridgehead atoms. The minimum atomic E-state index is -0.836. The number of aliphatic hydroxyl groups is 1. The van der Waals surface area contributed by atoms with Crippen LogP contribution in [0.15, 0.2) is 0 Å². The van der Waals surface area contributed by atoms with Crippen LogP contribution in [0.1, 0.15) is 59.8 Å². The van der Waals surface area contributed by atoms with Crippen molar-refractivity contribution in [3.05, 3.63) is 0 Å². The molecule has 0 unspecified atom stereocenters. The highest BCUT2D eigenvalue weighted by Gasteiger charge is 2.46. The van der Waals surface area contributed by atoms with Crippen LogP contribution in [0.4, 0.5) is 0 Å². The van der Waals surface area contributed by atoms with Crippen LogP contribution in [0.3, 0.4) is 0 Å². The van der Waals surface area contributed by atoms with Gasteiger partial charge in [0, 0.05) is 13.8 Å². The number of hydrogen-bond acceptors (Lipinski definition) is 4. The van der Waals surface area contributed by atoms with Gasteiger partial charge in [-0.1, -0.05) is 19.3 Å². The zero-order valence-corrected chi connectivity index (χ0v) is 11.7. The summed E-state index contributed by atoms with van der Waals surface area (Å²) in [5, 5.41) is 17.8. The molecule has 1 aliphatic rings. The van der Waals surface area contributed by atoms with E-state index in [0.717, 1.165) is 32.6 Å². The van der Waals surface area contributed by atoms with E-state index in [-0.39, 0.29) is 5.97 Å². The van der Waals surface area contributed by atoms with Gasteiger partial charge in [0.1, 0.15) is 11.2 Å². The first-order valence-corrected chi connectivity index (χ1v) is 6.22. The van der Waals surface area contributed by atoms with E-state index in [1.807, 2.05) is 0 Å². The summed E-state index contributed by atoms with van der Waals surface area (Å²) in [7, 11) is 0. The Kier molecular flexibility index (Phi) is 6.32. The lowest BCUT2D eigenvalue weighted by Crippen LogP contribution is -2.53. The Labute approximate surface area is 108 Å². The van der Waals surface area contributed by atoms with E-state index in [4.69, 9.17) is 14.6 Å². The number of esters is 1. The van der Waals surface area contributed by atoms with Crippen LogP contribution in [0.5, 0.6) is 0 Å². The van der Waals surface area contributed by atoms with E-state index >= 15 is 0 Å². The molecule has 0 aromatic heterocycles. The number of hydrogen-bond donors (Lipinski definition) is 2. The first-order chi connectivity index (χ1) is 8.11. The second kappa shape index (κ2) is 6.73. The molecule has 5 heteroatoms. The number of rotatable bonds is 2. The quantitative estimate of drug-likeness (QED) is 0.743. The van der Waals surface area contributed by atoms with Gasteiger partial charge in [0.25, 0.3) is 5.97 Å². The molecule has 18 heavy (non-hydrogen) atoms. The number of carboxylic acid groups (broad SMARTS) is 1. The van der Waals surface area contributed by atoms with Crippen molar-refractivity contribution in [1.82, 2.24) is 0 Å². The van der Waals surface area contributed by atoms with Gasteiger partial charge in [0.05, 0.1) is 0 Å². The molecule has 1 rings (SSSR count). The van der Waals surface area contributed by atoms with Crippen LogP contribution in [0.25, 0.3) is 0 Å². The van der Waals surface area contributed by atoms with E-state index in [1.54, 1.807) is 13.8 Å². The fraction of sp³-hybridized carbons (Fsp3) is 0.846. The molecule has 2 N–H and O–H groups in total. The predicted molar refractivity (Wildman–Crippen MR) is 67.2 cm³/mol. The summed E-state index contributed by atoms with van der Waals surface area (Å²) in [6, 6.07) is 0. The van der Waals surface area contributed by atoms with Crippen molar-refractivity contribution >= 4 is 11.9 Å². The molecule has 0 saturated heterocycles. The SMILES string of the molecule is CC(=O)O.CC(=O)OC(C)(C)C1(O)CCCCC1. The topological polar surface area (TPSA) is 83.8 Å². The number of carboxylic acids is 1. The first kappa shape index (κ1) is 16.9. The zero-order valence-electron chi connectivity index (χ0n) is 11.7. The second-order valence-corrected chi connectivity index (χ2v) is 5.22. The van der Waals surface area contributed by atoms with E-state index in [1.165, 1.54) is 13.3 Å². The maximum absolute atomic E-state index is 10.9. The largest absolute Gasteiger partial charge is 0.481 e. The van der Waals surface area contributed by atoms with E-state index in [9.17, 15) is 9.90 Å². The first-order valence-electron chi connectivity index (χ1n) is 6.22. The summed E-state index contributed by atoms with van der Waals surface area (Å²) in [4.78, 5) is 19.9. The fourth-order valence-corrected chi connectivity index (χ4v) is 2.19. The summed E-state index contributed by atoms with van der Waals surface area (Å²) >= 11 is 0. The molecule has 0 radical (unpaired) electrons. The smallest absolute Gasteiger partial charge is 0.303 e. The van der Waals surface area contributed by atoms with Gasteiger partial charge in [-0.3, -0.25) is 9.59 Å². The van der Waals surface area contributed by atoms with Crippen LogP contribution >= 0.6 is 0 Å². The average Bonchev–Trinajstić information content (AvgIpc) is 2.15. The van der Waals surface area contributed by atoms with Gasteiger partial charge in [-0.15, -0.1) is 0 Å². The molecular formula is C13H24O5. The lowest BCUT2D eigenvalue weighted by molar-refractivity contribution is -0.192. The molecular weight excluding hydrogens is 236 g/mol. The Balaban J connectivity index is 0.000000631. The highest BCUT2D eigenvalue weighted by atomic mass is 16.6. The minimum absolute atomic E-state index is 0.325. The van der Waals surface area contributed by atoms with Gasteiger partial charge in [-0.25, -0.2) is 0 Å². The van der Waals surface area contributed by atoms with Crippen molar-refractivity contribution in [2.24, 2.45) is 0 Å². The van der Waals surface area contributed by atoms with Gasteiger partial charge < -0.3 is 14.9 Å². The van der Waals surface area contributed by atoms with Crippen LogP contribution in [0, 0.1) is 0 Å². The lowest BCUT2D eigenvalue weighted by atomic mass is 9.74. The maximum atomic E-state index is 10.9. The molecule has 0 amide bonds. The van der Waals surface area contributed by atoms with Crippen molar-refractivity contribution < 1.29 is 24.5 Å². The predicted octanol–water partition coefficient (Wildman–Crippen LogP) is 2.11. The number of ether oxygens (including phenoxy) is 1. The van der Waals surface area contributed by atoms with Crippen molar-refractivity contribution in [2.45, 2.75) is 71.0 Å². The normalized spacial score (nSPS) is 18.3. The molecule has 1 saturated carbocycles. The van der Waals surface area contributed by atoms with Crippen molar-refractivity contribution in [3.63, 3.8) is 0 Å². The number of carbonyl (C=O) groups is 2. The number of carbonyl (C=O) groups excluding carboxylic acids is 1. The van der Waals surface area contributed by atoms with Crippen LogP contribution in [0.2, 0.25) is 0 Å². The zero-order chi connectivity index (χ0) is 14.4. The standard InChI is InChI=1S/C11H20O3.C2H4O2/c1-9(12)14-10(2,3)11(13)7-5-4-6-8-11;1-2(3)4/h13H,4-8H2,1-3H3;1H3,(H,3,4). The molecule has 1 fully saturated rings. The van der Waals surface area contributed by atoms with Crippen LogP contribution < -0.4 is 0 Å². The molecule has 5 nitrogen and oxygen atoms in total. The molecule has 1 aliphatic carbocycles. The average molecular weight is 260 g/mol. The summed E-state index contributed by atoms with van der Waals surface area (Å²) in [6.45, 7) is 6.05. The molecule has 0 aromatic rings. The van der Waals surface area contributed by atoms with Gasteiger partial charge in [-0.05, 0) is 26.7 Å². The van der Waals surface area contributed by atoms with Gasteiger partial charge >= 0.3 is 5.97 Å². The van der Waals surface area contributed by atoms with Crippen molar-refractivity contribution in [1.29, 1.82) is 0 Å². The summed E-state index contributed by atoms with van der Waals surface area (Å²) in [5.74, 6) is -1.16. The summed E-state index contributed by atoms with van der Waals surface area (Å²) < 4.78 is 5.19. The van der Waals surface area contributed by atoms with Gasteiger partial charge in [0.2, 0.25) is 0 Å².